The zero-order chi connectivity index (χ0) is 19.1. The van der Waals surface area contributed by atoms with Crippen molar-refractivity contribution >= 4 is 18.2 Å². The van der Waals surface area contributed by atoms with Crippen LogP contribution in [0.2, 0.25) is 0 Å². The molecule has 146 valence electrons. The van der Waals surface area contributed by atoms with Gasteiger partial charge < -0.3 is 19.4 Å². The fraction of sp³-hybridized carbons (Fsp3) is 0.550. The Balaban J connectivity index is 1.37. The average Bonchev–Trinajstić information content (AvgIpc) is 2.74. The monoisotopic (exact) mass is 373 g/mol. The number of carbonyl (C=O) groups excluding carboxylic acids is 3. The standard InChI is InChI=1S/C20H27N3O4/c24-16-21-11-13-23(14-12-21)20(26)17-6-9-22(10-7-17)19(25)8-15-27-18-4-2-1-3-5-18/h1-5,16-17H,6-15H2. The van der Waals surface area contributed by atoms with E-state index in [1.165, 1.54) is 0 Å². The van der Waals surface area contributed by atoms with E-state index in [-0.39, 0.29) is 17.7 Å². The van der Waals surface area contributed by atoms with Crippen molar-refractivity contribution in [1.29, 1.82) is 0 Å². The molecule has 3 rings (SSSR count). The van der Waals surface area contributed by atoms with Crippen molar-refractivity contribution in [3.63, 3.8) is 0 Å². The molecular weight excluding hydrogens is 346 g/mol. The van der Waals surface area contributed by atoms with Gasteiger partial charge in [0.25, 0.3) is 0 Å². The summed E-state index contributed by atoms with van der Waals surface area (Å²) in [5.41, 5.74) is 0. The van der Waals surface area contributed by atoms with Gasteiger partial charge in [-0.05, 0) is 25.0 Å². The number of hydrogen-bond acceptors (Lipinski definition) is 4. The first-order valence-electron chi connectivity index (χ1n) is 9.61. The fourth-order valence-electron chi connectivity index (χ4n) is 3.61. The number of piperazine rings is 1. The molecule has 0 radical (unpaired) electrons. The lowest BCUT2D eigenvalue weighted by Crippen LogP contribution is -2.51. The van der Waals surface area contributed by atoms with Crippen molar-refractivity contribution in [2.24, 2.45) is 5.92 Å². The average molecular weight is 373 g/mol. The third-order valence-corrected chi connectivity index (χ3v) is 5.30. The van der Waals surface area contributed by atoms with Crippen LogP contribution in [0.25, 0.3) is 0 Å². The summed E-state index contributed by atoms with van der Waals surface area (Å²) in [4.78, 5) is 41.2. The second kappa shape index (κ2) is 9.39. The number of likely N-dealkylation sites (tertiary alicyclic amines) is 1. The third kappa shape index (κ3) is 5.21. The molecule has 0 N–H and O–H groups in total. The van der Waals surface area contributed by atoms with Gasteiger partial charge in [0.1, 0.15) is 5.75 Å². The summed E-state index contributed by atoms with van der Waals surface area (Å²) in [6.45, 7) is 4.02. The van der Waals surface area contributed by atoms with Crippen LogP contribution in [-0.2, 0) is 14.4 Å². The summed E-state index contributed by atoms with van der Waals surface area (Å²) in [7, 11) is 0. The summed E-state index contributed by atoms with van der Waals surface area (Å²) in [6.07, 6.45) is 2.60. The maximum atomic E-state index is 12.6. The van der Waals surface area contributed by atoms with Crippen molar-refractivity contribution in [3.8, 4) is 5.75 Å². The van der Waals surface area contributed by atoms with E-state index >= 15 is 0 Å². The molecule has 2 aliphatic heterocycles. The largest absolute Gasteiger partial charge is 0.493 e. The first kappa shape index (κ1) is 19.2. The van der Waals surface area contributed by atoms with Gasteiger partial charge in [-0.2, -0.15) is 0 Å². The number of nitrogens with zero attached hydrogens (tertiary/aromatic N) is 3. The molecule has 2 heterocycles. The maximum absolute atomic E-state index is 12.6. The minimum absolute atomic E-state index is 0.0163. The van der Waals surface area contributed by atoms with Crippen LogP contribution in [0.5, 0.6) is 5.75 Å². The van der Waals surface area contributed by atoms with Gasteiger partial charge >= 0.3 is 0 Å². The Morgan fingerprint density at radius 3 is 2.26 bits per heavy atom. The molecule has 0 aromatic heterocycles. The lowest BCUT2D eigenvalue weighted by atomic mass is 9.94. The number of rotatable bonds is 6. The summed E-state index contributed by atoms with van der Waals surface area (Å²) in [5, 5.41) is 0. The highest BCUT2D eigenvalue weighted by Crippen LogP contribution is 2.21. The number of amides is 3. The van der Waals surface area contributed by atoms with Crippen molar-refractivity contribution in [2.45, 2.75) is 19.3 Å². The molecule has 0 spiro atoms. The highest BCUT2D eigenvalue weighted by Gasteiger charge is 2.31. The summed E-state index contributed by atoms with van der Waals surface area (Å²) in [6, 6.07) is 9.47. The first-order valence-corrected chi connectivity index (χ1v) is 9.61. The molecule has 1 aromatic carbocycles. The number of piperidine rings is 1. The van der Waals surface area contributed by atoms with Gasteiger partial charge in [0.2, 0.25) is 18.2 Å². The Morgan fingerprint density at radius 1 is 0.963 bits per heavy atom. The van der Waals surface area contributed by atoms with Gasteiger partial charge in [0.05, 0.1) is 13.0 Å². The van der Waals surface area contributed by atoms with Crippen LogP contribution in [0, 0.1) is 5.92 Å². The van der Waals surface area contributed by atoms with Gasteiger partial charge in [0.15, 0.2) is 0 Å². The molecule has 0 saturated carbocycles. The first-order chi connectivity index (χ1) is 13.2. The normalized spacial score (nSPS) is 18.3. The number of carbonyl (C=O) groups is 3. The number of para-hydroxylation sites is 1. The van der Waals surface area contributed by atoms with Gasteiger partial charge in [-0.15, -0.1) is 0 Å². The Bertz CT molecular complexity index is 636. The minimum Gasteiger partial charge on any atom is -0.493 e. The van der Waals surface area contributed by atoms with E-state index in [9.17, 15) is 14.4 Å². The van der Waals surface area contributed by atoms with Crippen LogP contribution in [0.15, 0.2) is 30.3 Å². The Kier molecular flexibility index (Phi) is 6.68. The lowest BCUT2D eigenvalue weighted by molar-refractivity contribution is -0.143. The van der Waals surface area contributed by atoms with Crippen molar-refractivity contribution in [1.82, 2.24) is 14.7 Å². The Morgan fingerprint density at radius 2 is 1.63 bits per heavy atom. The van der Waals surface area contributed by atoms with Crippen LogP contribution in [0.4, 0.5) is 0 Å². The van der Waals surface area contributed by atoms with Crippen LogP contribution in [-0.4, -0.2) is 78.8 Å². The maximum Gasteiger partial charge on any atom is 0.225 e. The number of benzene rings is 1. The van der Waals surface area contributed by atoms with Crippen LogP contribution in [0.3, 0.4) is 0 Å². The Hall–Kier alpha value is -2.57. The van der Waals surface area contributed by atoms with Gasteiger partial charge in [-0.3, -0.25) is 14.4 Å². The Labute approximate surface area is 159 Å². The quantitative estimate of drug-likeness (QED) is 0.698. The number of ether oxygens (including phenoxy) is 1. The molecule has 27 heavy (non-hydrogen) atoms. The SMILES string of the molecule is O=CN1CCN(C(=O)C2CCN(C(=O)CCOc3ccccc3)CC2)CC1. The minimum atomic E-state index is -0.0163. The van der Waals surface area contributed by atoms with Crippen molar-refractivity contribution in [3.05, 3.63) is 30.3 Å². The smallest absolute Gasteiger partial charge is 0.225 e. The molecule has 2 saturated heterocycles. The van der Waals surface area contributed by atoms with Crippen molar-refractivity contribution < 1.29 is 19.1 Å². The van der Waals surface area contributed by atoms with Crippen LogP contribution in [0.1, 0.15) is 19.3 Å². The molecule has 0 bridgehead atoms. The van der Waals surface area contributed by atoms with E-state index in [2.05, 4.69) is 0 Å². The summed E-state index contributed by atoms with van der Waals surface area (Å²) >= 11 is 0. The molecule has 1 aromatic rings. The molecular formula is C20H27N3O4. The molecule has 0 aliphatic carbocycles. The zero-order valence-electron chi connectivity index (χ0n) is 15.6. The second-order valence-corrected chi connectivity index (χ2v) is 7.03. The topological polar surface area (TPSA) is 70.2 Å². The molecule has 7 heteroatoms. The van der Waals surface area contributed by atoms with E-state index in [4.69, 9.17) is 4.74 Å². The zero-order valence-corrected chi connectivity index (χ0v) is 15.6. The second-order valence-electron chi connectivity index (χ2n) is 7.03. The van der Waals surface area contributed by atoms with Gasteiger partial charge in [-0.1, -0.05) is 18.2 Å². The number of hydrogen-bond donors (Lipinski definition) is 0. The van der Waals surface area contributed by atoms with E-state index in [0.717, 1.165) is 12.2 Å². The summed E-state index contributed by atoms with van der Waals surface area (Å²) in [5.74, 6) is 0.998. The van der Waals surface area contributed by atoms with Crippen LogP contribution < -0.4 is 4.74 Å². The highest BCUT2D eigenvalue weighted by atomic mass is 16.5. The molecule has 0 atom stereocenters. The van der Waals surface area contributed by atoms with E-state index in [0.29, 0.717) is 65.1 Å². The van der Waals surface area contributed by atoms with Gasteiger partial charge in [-0.25, -0.2) is 0 Å². The summed E-state index contributed by atoms with van der Waals surface area (Å²) < 4.78 is 5.59. The van der Waals surface area contributed by atoms with E-state index in [1.54, 1.807) is 4.90 Å². The van der Waals surface area contributed by atoms with Gasteiger partial charge in [0, 0.05) is 45.2 Å². The van der Waals surface area contributed by atoms with E-state index in [1.807, 2.05) is 40.1 Å². The molecule has 7 nitrogen and oxygen atoms in total. The van der Waals surface area contributed by atoms with Crippen molar-refractivity contribution in [2.75, 3.05) is 45.9 Å². The molecule has 2 aliphatic rings. The predicted octanol–water partition coefficient (Wildman–Crippen LogP) is 0.995. The highest BCUT2D eigenvalue weighted by molar-refractivity contribution is 5.80. The van der Waals surface area contributed by atoms with E-state index < -0.39 is 0 Å². The lowest BCUT2D eigenvalue weighted by Gasteiger charge is -2.37. The molecule has 3 amide bonds. The third-order valence-electron chi connectivity index (χ3n) is 5.30. The van der Waals surface area contributed by atoms with Crippen LogP contribution >= 0.6 is 0 Å². The fourth-order valence-corrected chi connectivity index (χ4v) is 3.61. The molecule has 0 unspecified atom stereocenters. The molecule has 2 fully saturated rings. The predicted molar refractivity (Wildman–Crippen MR) is 100 cm³/mol.